The average molecular weight is 233 g/mol. The predicted molar refractivity (Wildman–Crippen MR) is 76.5 cm³/mol. The van der Waals surface area contributed by atoms with Crippen LogP contribution in [-0.4, -0.2) is 13.1 Å². The van der Waals surface area contributed by atoms with Crippen molar-refractivity contribution in [3.05, 3.63) is 34.9 Å². The summed E-state index contributed by atoms with van der Waals surface area (Å²) in [7, 11) is 2.08. The van der Waals surface area contributed by atoms with Crippen molar-refractivity contribution in [3.8, 4) is 0 Å². The Morgan fingerprint density at radius 2 is 1.82 bits per heavy atom. The van der Waals surface area contributed by atoms with Crippen LogP contribution < -0.4 is 5.32 Å². The van der Waals surface area contributed by atoms with Crippen molar-refractivity contribution >= 4 is 0 Å². The summed E-state index contributed by atoms with van der Waals surface area (Å²) in [6, 6.07) is 7.37. The quantitative estimate of drug-likeness (QED) is 0.786. The summed E-state index contributed by atoms with van der Waals surface area (Å²) in [6.45, 7) is 8.98. The molecule has 0 radical (unpaired) electrons. The molecule has 96 valence electrons. The fourth-order valence-electron chi connectivity index (χ4n) is 2.17. The van der Waals surface area contributed by atoms with E-state index in [2.05, 4.69) is 58.3 Å². The van der Waals surface area contributed by atoms with E-state index in [1.54, 1.807) is 0 Å². The van der Waals surface area contributed by atoms with Gasteiger partial charge in [0.15, 0.2) is 0 Å². The first-order valence-electron chi connectivity index (χ1n) is 6.76. The lowest BCUT2D eigenvalue weighted by Gasteiger charge is -2.19. The summed E-state index contributed by atoms with van der Waals surface area (Å²) in [5.74, 6) is 0.796. The van der Waals surface area contributed by atoms with Gasteiger partial charge in [0.25, 0.3) is 0 Å². The smallest absolute Gasteiger partial charge is 0.0105 e. The summed E-state index contributed by atoms with van der Waals surface area (Å²) in [5.41, 5.74) is 4.28. The number of nitrogens with one attached hydrogen (secondary N) is 1. The normalized spacial score (nSPS) is 13.1. The molecule has 0 aliphatic rings. The zero-order chi connectivity index (χ0) is 12.8. The molecule has 0 saturated heterocycles. The van der Waals surface area contributed by atoms with E-state index >= 15 is 0 Å². The van der Waals surface area contributed by atoms with Crippen LogP contribution in [0.1, 0.15) is 43.4 Å². The van der Waals surface area contributed by atoms with Gasteiger partial charge in [0.05, 0.1) is 0 Å². The van der Waals surface area contributed by atoms with E-state index in [0.29, 0.717) is 6.04 Å². The molecule has 0 saturated carbocycles. The maximum absolute atomic E-state index is 3.45. The van der Waals surface area contributed by atoms with Gasteiger partial charge in [-0.2, -0.15) is 0 Å². The van der Waals surface area contributed by atoms with Crippen molar-refractivity contribution < 1.29 is 0 Å². The van der Waals surface area contributed by atoms with E-state index < -0.39 is 0 Å². The maximum atomic E-state index is 3.45. The number of hydrogen-bond acceptors (Lipinski definition) is 1. The molecule has 1 N–H and O–H groups in total. The number of likely N-dealkylation sites (N-methyl/N-ethyl adjacent to an activating group) is 1. The van der Waals surface area contributed by atoms with Crippen molar-refractivity contribution in [3.63, 3.8) is 0 Å². The molecule has 1 nitrogen and oxygen atoms in total. The highest BCUT2D eigenvalue weighted by Gasteiger charge is 2.10. The van der Waals surface area contributed by atoms with E-state index in [0.717, 1.165) is 12.3 Å². The Labute approximate surface area is 107 Å². The Bertz CT molecular complexity index is 341. The zero-order valence-corrected chi connectivity index (χ0v) is 12.0. The largest absolute Gasteiger partial charge is 0.317 e. The van der Waals surface area contributed by atoms with Crippen molar-refractivity contribution in [2.24, 2.45) is 5.92 Å². The minimum Gasteiger partial charge on any atom is -0.317 e. The first kappa shape index (κ1) is 14.2. The van der Waals surface area contributed by atoms with Crippen LogP contribution in [0, 0.1) is 19.8 Å². The van der Waals surface area contributed by atoms with E-state index in [9.17, 15) is 0 Å². The van der Waals surface area contributed by atoms with Crippen molar-refractivity contribution in [1.29, 1.82) is 0 Å². The standard InChI is InChI=1S/C16H27N/c1-12(2)6-9-16(17-5)11-15-10-13(3)7-8-14(15)4/h7-8,10,12,16-17H,6,9,11H2,1-5H3. The molecule has 1 aromatic rings. The fraction of sp³-hybridized carbons (Fsp3) is 0.625. The van der Waals surface area contributed by atoms with Gasteiger partial charge in [0.1, 0.15) is 0 Å². The zero-order valence-electron chi connectivity index (χ0n) is 12.0. The maximum Gasteiger partial charge on any atom is 0.0105 e. The Morgan fingerprint density at radius 3 is 2.41 bits per heavy atom. The lowest BCUT2D eigenvalue weighted by molar-refractivity contribution is 0.450. The van der Waals surface area contributed by atoms with E-state index in [4.69, 9.17) is 0 Å². The predicted octanol–water partition coefficient (Wildman–Crippen LogP) is 3.87. The number of aryl methyl sites for hydroxylation is 2. The van der Waals surface area contributed by atoms with Crippen LogP contribution in [-0.2, 0) is 6.42 Å². The monoisotopic (exact) mass is 233 g/mol. The second kappa shape index (κ2) is 6.80. The van der Waals surface area contributed by atoms with Crippen molar-refractivity contribution in [2.45, 2.75) is 53.0 Å². The van der Waals surface area contributed by atoms with Gasteiger partial charge in [0.2, 0.25) is 0 Å². The molecule has 0 bridgehead atoms. The highest BCUT2D eigenvalue weighted by molar-refractivity contribution is 5.31. The summed E-state index contributed by atoms with van der Waals surface area (Å²) in [5, 5.41) is 3.45. The van der Waals surface area contributed by atoms with Crippen molar-refractivity contribution in [1.82, 2.24) is 5.32 Å². The third-order valence-electron chi connectivity index (χ3n) is 3.47. The summed E-state index contributed by atoms with van der Waals surface area (Å²) in [6.07, 6.45) is 3.72. The highest BCUT2D eigenvalue weighted by atomic mass is 14.9. The molecule has 0 amide bonds. The Balaban J connectivity index is 2.63. The van der Waals surface area contributed by atoms with Crippen molar-refractivity contribution in [2.75, 3.05) is 7.05 Å². The second-order valence-electron chi connectivity index (χ2n) is 5.59. The van der Waals surface area contributed by atoms with Gasteiger partial charge in [0, 0.05) is 6.04 Å². The van der Waals surface area contributed by atoms with Gasteiger partial charge < -0.3 is 5.32 Å². The van der Waals surface area contributed by atoms with Gasteiger partial charge in [-0.15, -0.1) is 0 Å². The Morgan fingerprint density at radius 1 is 1.12 bits per heavy atom. The SMILES string of the molecule is CNC(CCC(C)C)Cc1cc(C)ccc1C. The van der Waals surface area contributed by atoms with Gasteiger partial charge in [-0.05, 0) is 57.2 Å². The molecule has 0 fully saturated rings. The number of benzene rings is 1. The molecule has 1 rings (SSSR count). The van der Waals surface area contributed by atoms with Crippen LogP contribution in [0.15, 0.2) is 18.2 Å². The molecule has 0 aromatic heterocycles. The van der Waals surface area contributed by atoms with E-state index in [1.807, 2.05) is 0 Å². The number of hydrogen-bond donors (Lipinski definition) is 1. The molecule has 0 aliphatic carbocycles. The van der Waals surface area contributed by atoms with Gasteiger partial charge in [-0.3, -0.25) is 0 Å². The first-order chi connectivity index (χ1) is 8.02. The molecule has 0 aliphatic heterocycles. The molecule has 1 aromatic carbocycles. The van der Waals surface area contributed by atoms with Crippen LogP contribution in [0.5, 0.6) is 0 Å². The molecule has 0 heterocycles. The Kier molecular flexibility index (Phi) is 5.70. The number of rotatable bonds is 6. The minimum absolute atomic E-state index is 0.609. The molecule has 17 heavy (non-hydrogen) atoms. The molecule has 0 spiro atoms. The molecular weight excluding hydrogens is 206 g/mol. The lowest BCUT2D eigenvalue weighted by Crippen LogP contribution is -2.28. The van der Waals surface area contributed by atoms with Crippen LogP contribution in [0.2, 0.25) is 0 Å². The van der Waals surface area contributed by atoms with Crippen LogP contribution in [0.3, 0.4) is 0 Å². The summed E-state index contributed by atoms with van der Waals surface area (Å²) in [4.78, 5) is 0. The fourth-order valence-corrected chi connectivity index (χ4v) is 2.17. The van der Waals surface area contributed by atoms with Crippen LogP contribution in [0.4, 0.5) is 0 Å². The molecular formula is C16H27N. The van der Waals surface area contributed by atoms with Gasteiger partial charge >= 0.3 is 0 Å². The molecule has 1 unspecified atom stereocenters. The lowest BCUT2D eigenvalue weighted by atomic mass is 9.95. The van der Waals surface area contributed by atoms with Gasteiger partial charge in [-0.1, -0.05) is 37.6 Å². The highest BCUT2D eigenvalue weighted by Crippen LogP contribution is 2.16. The average Bonchev–Trinajstić information content (AvgIpc) is 2.28. The van der Waals surface area contributed by atoms with Crippen LogP contribution in [0.25, 0.3) is 0 Å². The van der Waals surface area contributed by atoms with E-state index in [-0.39, 0.29) is 0 Å². The second-order valence-corrected chi connectivity index (χ2v) is 5.59. The molecule has 1 atom stereocenters. The topological polar surface area (TPSA) is 12.0 Å². The summed E-state index contributed by atoms with van der Waals surface area (Å²) >= 11 is 0. The van der Waals surface area contributed by atoms with E-state index in [1.165, 1.54) is 29.5 Å². The Hall–Kier alpha value is -0.820. The molecule has 1 heteroatoms. The third-order valence-corrected chi connectivity index (χ3v) is 3.47. The minimum atomic E-state index is 0.609. The first-order valence-corrected chi connectivity index (χ1v) is 6.76. The third kappa shape index (κ3) is 4.91. The summed E-state index contributed by atoms with van der Waals surface area (Å²) < 4.78 is 0. The van der Waals surface area contributed by atoms with Crippen LogP contribution >= 0.6 is 0 Å². The van der Waals surface area contributed by atoms with Gasteiger partial charge in [-0.25, -0.2) is 0 Å².